The Hall–Kier alpha value is -2.60. The van der Waals surface area contributed by atoms with E-state index in [1.807, 2.05) is 24.3 Å². The molecule has 2 heterocycles. The van der Waals surface area contributed by atoms with Crippen molar-refractivity contribution in [1.29, 1.82) is 0 Å². The lowest BCUT2D eigenvalue weighted by Gasteiger charge is -2.19. The third-order valence-electron chi connectivity index (χ3n) is 4.49. The van der Waals surface area contributed by atoms with Gasteiger partial charge in [0, 0.05) is 38.3 Å². The molecule has 136 valence electrons. The molecule has 0 radical (unpaired) electrons. The van der Waals surface area contributed by atoms with Crippen molar-refractivity contribution in [2.24, 2.45) is 0 Å². The molecular formula is C19H20ClN3O3. The smallest absolute Gasteiger partial charge is 0.255 e. The first-order valence-electron chi connectivity index (χ1n) is 8.29. The van der Waals surface area contributed by atoms with E-state index in [1.165, 1.54) is 19.3 Å². The summed E-state index contributed by atoms with van der Waals surface area (Å²) in [4.78, 5) is 30.1. The molecule has 0 saturated carbocycles. The van der Waals surface area contributed by atoms with Crippen molar-refractivity contribution in [2.75, 3.05) is 20.2 Å². The monoisotopic (exact) mass is 373 g/mol. The predicted octanol–water partition coefficient (Wildman–Crippen LogP) is 2.49. The largest absolute Gasteiger partial charge is 0.497 e. The summed E-state index contributed by atoms with van der Waals surface area (Å²) in [6.45, 7) is 2.42. The van der Waals surface area contributed by atoms with E-state index in [9.17, 15) is 9.59 Å². The Balaban J connectivity index is 1.83. The molecule has 2 aromatic rings. The quantitative estimate of drug-likeness (QED) is 0.893. The topological polar surface area (TPSA) is 71.5 Å². The molecule has 0 aliphatic carbocycles. The molecule has 0 spiro atoms. The molecule has 0 bridgehead atoms. The highest BCUT2D eigenvalue weighted by Crippen LogP contribution is 2.30. The Morgan fingerprint density at radius 3 is 2.58 bits per heavy atom. The van der Waals surface area contributed by atoms with E-state index in [-0.39, 0.29) is 23.8 Å². The summed E-state index contributed by atoms with van der Waals surface area (Å²) in [6.07, 6.45) is 2.99. The Bertz CT molecular complexity index is 810. The first-order valence-corrected chi connectivity index (χ1v) is 8.66. The fraction of sp³-hybridized carbons (Fsp3) is 0.316. The number of likely N-dealkylation sites (tertiary alicyclic amines) is 1. The van der Waals surface area contributed by atoms with Crippen molar-refractivity contribution >= 4 is 23.4 Å². The Morgan fingerprint density at radius 1 is 1.23 bits per heavy atom. The summed E-state index contributed by atoms with van der Waals surface area (Å²) in [6, 6.07) is 9.14. The lowest BCUT2D eigenvalue weighted by molar-refractivity contribution is -0.119. The fourth-order valence-electron chi connectivity index (χ4n) is 3.28. The maximum atomic E-state index is 12.8. The second kappa shape index (κ2) is 7.74. The van der Waals surface area contributed by atoms with Gasteiger partial charge in [-0.1, -0.05) is 23.7 Å². The molecule has 1 aliphatic rings. The number of methoxy groups -OCH3 is 1. The number of nitrogens with zero attached hydrogens (tertiary/aromatic N) is 2. The van der Waals surface area contributed by atoms with Crippen LogP contribution in [-0.4, -0.2) is 47.9 Å². The minimum absolute atomic E-state index is 0.000833. The van der Waals surface area contributed by atoms with Crippen molar-refractivity contribution in [1.82, 2.24) is 15.2 Å². The van der Waals surface area contributed by atoms with Crippen molar-refractivity contribution in [2.45, 2.75) is 18.9 Å². The Morgan fingerprint density at radius 2 is 1.96 bits per heavy atom. The van der Waals surface area contributed by atoms with Crippen molar-refractivity contribution in [3.63, 3.8) is 0 Å². The van der Waals surface area contributed by atoms with Crippen molar-refractivity contribution in [3.05, 3.63) is 58.9 Å². The molecule has 26 heavy (non-hydrogen) atoms. The summed E-state index contributed by atoms with van der Waals surface area (Å²) in [5, 5.41) is 3.38. The number of carbonyl (C=O) groups excluding carboxylic acids is 2. The van der Waals surface area contributed by atoms with E-state index in [0.29, 0.717) is 23.7 Å². The van der Waals surface area contributed by atoms with Gasteiger partial charge in [0.25, 0.3) is 5.91 Å². The van der Waals surface area contributed by atoms with Gasteiger partial charge in [0.15, 0.2) is 0 Å². The Kier molecular flexibility index (Phi) is 5.42. The van der Waals surface area contributed by atoms with Gasteiger partial charge in [-0.3, -0.25) is 14.6 Å². The van der Waals surface area contributed by atoms with Crippen LogP contribution in [0.2, 0.25) is 5.02 Å². The van der Waals surface area contributed by atoms with Crippen LogP contribution in [0.4, 0.5) is 0 Å². The van der Waals surface area contributed by atoms with E-state index in [1.54, 1.807) is 18.1 Å². The van der Waals surface area contributed by atoms with Gasteiger partial charge in [-0.15, -0.1) is 0 Å². The minimum Gasteiger partial charge on any atom is -0.497 e. The van der Waals surface area contributed by atoms with Crippen LogP contribution in [-0.2, 0) is 4.79 Å². The zero-order valence-electron chi connectivity index (χ0n) is 14.6. The van der Waals surface area contributed by atoms with Crippen LogP contribution in [0.25, 0.3) is 0 Å². The van der Waals surface area contributed by atoms with Gasteiger partial charge in [0.2, 0.25) is 5.91 Å². The molecule has 1 aromatic carbocycles. The second-order valence-electron chi connectivity index (χ2n) is 6.29. The van der Waals surface area contributed by atoms with Gasteiger partial charge in [0.05, 0.1) is 23.7 Å². The summed E-state index contributed by atoms with van der Waals surface area (Å²) in [5.41, 5.74) is 1.48. The standard InChI is InChI=1S/C19H20ClN3O3/c1-12(24)22-18-11-23(19(25)14-7-15(20)9-21-8-14)10-17(18)13-3-5-16(26-2)6-4-13/h3-9,17-18H,10-11H2,1-2H3,(H,22,24)/t17-,18+/m0/s1. The summed E-state index contributed by atoms with van der Waals surface area (Å²) < 4.78 is 5.20. The van der Waals surface area contributed by atoms with Gasteiger partial charge in [0.1, 0.15) is 5.75 Å². The highest BCUT2D eigenvalue weighted by Gasteiger charge is 2.37. The highest BCUT2D eigenvalue weighted by molar-refractivity contribution is 6.30. The zero-order valence-corrected chi connectivity index (χ0v) is 15.4. The maximum Gasteiger partial charge on any atom is 0.255 e. The summed E-state index contributed by atoms with van der Waals surface area (Å²) >= 11 is 5.94. The minimum atomic E-state index is -0.156. The molecular weight excluding hydrogens is 354 g/mol. The van der Waals surface area contributed by atoms with E-state index >= 15 is 0 Å². The molecule has 1 aromatic heterocycles. The lowest BCUT2D eigenvalue weighted by atomic mass is 9.94. The van der Waals surface area contributed by atoms with Gasteiger partial charge >= 0.3 is 0 Å². The molecule has 7 heteroatoms. The normalized spacial score (nSPS) is 19.3. The molecule has 1 N–H and O–H groups in total. The lowest BCUT2D eigenvalue weighted by Crippen LogP contribution is -2.39. The fourth-order valence-corrected chi connectivity index (χ4v) is 3.45. The molecule has 3 rings (SSSR count). The highest BCUT2D eigenvalue weighted by atomic mass is 35.5. The SMILES string of the molecule is COc1ccc([C@@H]2CN(C(=O)c3cncc(Cl)c3)C[C@H]2NC(C)=O)cc1. The number of halogens is 1. The van der Waals surface area contributed by atoms with E-state index in [0.717, 1.165) is 11.3 Å². The van der Waals surface area contributed by atoms with Gasteiger partial charge < -0.3 is 15.0 Å². The zero-order chi connectivity index (χ0) is 18.7. The number of aromatic nitrogens is 1. The first kappa shape index (κ1) is 18.2. The molecule has 1 fully saturated rings. The molecule has 1 saturated heterocycles. The third-order valence-corrected chi connectivity index (χ3v) is 4.70. The second-order valence-corrected chi connectivity index (χ2v) is 6.73. The van der Waals surface area contributed by atoms with E-state index < -0.39 is 0 Å². The van der Waals surface area contributed by atoms with Crippen LogP contribution in [0, 0.1) is 0 Å². The number of pyridine rings is 1. The number of amides is 2. The average Bonchev–Trinajstić information content (AvgIpc) is 3.04. The number of benzene rings is 1. The molecule has 1 aliphatic heterocycles. The molecule has 2 atom stereocenters. The molecule has 2 amide bonds. The maximum absolute atomic E-state index is 12.8. The molecule has 0 unspecified atom stereocenters. The van der Waals surface area contributed by atoms with Gasteiger partial charge in [-0.2, -0.15) is 0 Å². The van der Waals surface area contributed by atoms with Crippen LogP contribution < -0.4 is 10.1 Å². The first-order chi connectivity index (χ1) is 12.5. The predicted molar refractivity (Wildman–Crippen MR) is 98.5 cm³/mol. The van der Waals surface area contributed by atoms with Gasteiger partial charge in [-0.05, 0) is 23.8 Å². The summed E-state index contributed by atoms with van der Waals surface area (Å²) in [7, 11) is 1.62. The number of nitrogens with one attached hydrogen (secondary N) is 1. The average molecular weight is 374 g/mol. The van der Waals surface area contributed by atoms with Crippen LogP contribution >= 0.6 is 11.6 Å². The number of ether oxygens (including phenoxy) is 1. The number of rotatable bonds is 4. The van der Waals surface area contributed by atoms with Crippen LogP contribution in [0.5, 0.6) is 5.75 Å². The summed E-state index contributed by atoms with van der Waals surface area (Å²) in [5.74, 6) is 0.500. The van der Waals surface area contributed by atoms with E-state index in [2.05, 4.69) is 10.3 Å². The van der Waals surface area contributed by atoms with Crippen molar-refractivity contribution < 1.29 is 14.3 Å². The molecule has 6 nitrogen and oxygen atoms in total. The number of hydrogen-bond acceptors (Lipinski definition) is 4. The van der Waals surface area contributed by atoms with Crippen LogP contribution in [0.1, 0.15) is 28.8 Å². The van der Waals surface area contributed by atoms with Crippen LogP contribution in [0.3, 0.4) is 0 Å². The van der Waals surface area contributed by atoms with Gasteiger partial charge in [-0.25, -0.2) is 0 Å². The third kappa shape index (κ3) is 3.96. The Labute approximate surface area is 157 Å². The number of hydrogen-bond donors (Lipinski definition) is 1. The van der Waals surface area contributed by atoms with E-state index in [4.69, 9.17) is 16.3 Å². The number of carbonyl (C=O) groups is 2. The van der Waals surface area contributed by atoms with Crippen molar-refractivity contribution in [3.8, 4) is 5.75 Å². The van der Waals surface area contributed by atoms with Crippen LogP contribution in [0.15, 0.2) is 42.7 Å².